The summed E-state index contributed by atoms with van der Waals surface area (Å²) in [5.74, 6) is 0.451. The van der Waals surface area contributed by atoms with E-state index in [1.807, 2.05) is 30.3 Å². The Balaban J connectivity index is 1.99. The van der Waals surface area contributed by atoms with E-state index in [0.717, 1.165) is 25.1 Å². The van der Waals surface area contributed by atoms with Gasteiger partial charge in [-0.2, -0.15) is 0 Å². The summed E-state index contributed by atoms with van der Waals surface area (Å²) in [5.41, 5.74) is 0.979. The number of hydrogen-bond acceptors (Lipinski definition) is 4. The Morgan fingerprint density at radius 1 is 1.16 bits per heavy atom. The number of nitrogens with one attached hydrogen (secondary N) is 2. The number of para-hydroxylation sites is 1. The highest BCUT2D eigenvalue weighted by Crippen LogP contribution is 2.18. The monoisotopic (exact) mass is 282 g/mol. The molecule has 106 valence electrons. The molecule has 5 heteroatoms. The van der Waals surface area contributed by atoms with E-state index >= 15 is 0 Å². The van der Waals surface area contributed by atoms with Gasteiger partial charge in [-0.1, -0.05) is 31.5 Å². The first-order chi connectivity index (χ1) is 9.11. The summed E-state index contributed by atoms with van der Waals surface area (Å²) in [5, 5.41) is 6.70. The second-order valence-electron chi connectivity index (χ2n) is 5.11. The maximum Gasteiger partial charge on any atom is 0.153 e. The van der Waals surface area contributed by atoms with Crippen molar-refractivity contribution in [2.45, 2.75) is 31.8 Å². The Morgan fingerprint density at radius 3 is 2.53 bits per heavy atom. The lowest BCUT2D eigenvalue weighted by atomic mass is 10.1. The first kappa shape index (κ1) is 14.3. The Hall–Kier alpha value is -1.07. The summed E-state index contributed by atoms with van der Waals surface area (Å²) >= 11 is 0. The zero-order valence-corrected chi connectivity index (χ0v) is 12.1. The number of sulfone groups is 1. The molecule has 1 fully saturated rings. The first-order valence-electron chi connectivity index (χ1n) is 6.86. The molecule has 0 unspecified atom stereocenters. The van der Waals surface area contributed by atoms with Crippen molar-refractivity contribution in [3.63, 3.8) is 0 Å². The van der Waals surface area contributed by atoms with Gasteiger partial charge < -0.3 is 10.6 Å². The van der Waals surface area contributed by atoms with Crippen molar-refractivity contribution in [2.75, 3.05) is 23.4 Å². The van der Waals surface area contributed by atoms with E-state index in [4.69, 9.17) is 0 Å². The number of rotatable bonds is 6. The molecule has 1 heterocycles. The van der Waals surface area contributed by atoms with Crippen LogP contribution in [0.3, 0.4) is 0 Å². The fourth-order valence-electron chi connectivity index (χ4n) is 2.40. The highest BCUT2D eigenvalue weighted by atomic mass is 32.2. The van der Waals surface area contributed by atoms with Crippen LogP contribution in [-0.4, -0.2) is 38.6 Å². The van der Waals surface area contributed by atoms with Gasteiger partial charge in [0.1, 0.15) is 0 Å². The lowest BCUT2D eigenvalue weighted by Crippen LogP contribution is -2.43. The second kappa shape index (κ2) is 6.39. The summed E-state index contributed by atoms with van der Waals surface area (Å²) in [4.78, 5) is 0. The Kier molecular flexibility index (Phi) is 4.82. The van der Waals surface area contributed by atoms with Crippen molar-refractivity contribution in [1.82, 2.24) is 5.32 Å². The van der Waals surface area contributed by atoms with E-state index in [2.05, 4.69) is 17.6 Å². The average molecular weight is 282 g/mol. The van der Waals surface area contributed by atoms with E-state index in [9.17, 15) is 8.42 Å². The molecule has 4 nitrogen and oxygen atoms in total. The van der Waals surface area contributed by atoms with Crippen LogP contribution in [0.2, 0.25) is 0 Å². The number of anilines is 1. The predicted octanol–water partition coefficient (Wildman–Crippen LogP) is 1.65. The Morgan fingerprint density at radius 2 is 1.84 bits per heavy atom. The molecule has 1 aromatic rings. The third-order valence-corrected chi connectivity index (χ3v) is 5.15. The van der Waals surface area contributed by atoms with Gasteiger partial charge in [0.2, 0.25) is 0 Å². The molecule has 1 saturated heterocycles. The third-order valence-electron chi connectivity index (χ3n) is 3.42. The van der Waals surface area contributed by atoms with E-state index in [-0.39, 0.29) is 23.6 Å². The van der Waals surface area contributed by atoms with Gasteiger partial charge in [0.05, 0.1) is 17.5 Å². The molecule has 1 aromatic carbocycles. The van der Waals surface area contributed by atoms with E-state index in [1.165, 1.54) is 0 Å². The van der Waals surface area contributed by atoms with Gasteiger partial charge in [-0.15, -0.1) is 0 Å². The van der Waals surface area contributed by atoms with Crippen molar-refractivity contribution in [3.8, 4) is 0 Å². The van der Waals surface area contributed by atoms with E-state index in [1.54, 1.807) is 0 Å². The molecule has 0 radical (unpaired) electrons. The SMILES string of the molecule is CCCCN[C@@H]1CS(=O)(=O)C[C@H]1Nc1ccccc1. The molecule has 0 amide bonds. The van der Waals surface area contributed by atoms with Crippen LogP contribution in [0, 0.1) is 0 Å². The fraction of sp³-hybridized carbons (Fsp3) is 0.571. The number of benzene rings is 1. The standard InChI is InChI=1S/C14H22N2O2S/c1-2-3-9-15-13-10-19(17,18)11-14(13)16-12-7-5-4-6-8-12/h4-8,13-16H,2-3,9-11H2,1H3/t13-,14-/m1/s1. The van der Waals surface area contributed by atoms with Crippen LogP contribution >= 0.6 is 0 Å². The Bertz CT molecular complexity index is 487. The van der Waals surface area contributed by atoms with Crippen molar-refractivity contribution in [1.29, 1.82) is 0 Å². The fourth-order valence-corrected chi connectivity index (χ4v) is 4.30. The summed E-state index contributed by atoms with van der Waals surface area (Å²) in [6.45, 7) is 3.01. The molecule has 0 aliphatic carbocycles. The molecular weight excluding hydrogens is 260 g/mol. The maximum atomic E-state index is 11.8. The van der Waals surface area contributed by atoms with Gasteiger partial charge in [-0.3, -0.25) is 0 Å². The van der Waals surface area contributed by atoms with Gasteiger partial charge in [-0.05, 0) is 25.1 Å². The zero-order valence-electron chi connectivity index (χ0n) is 11.3. The molecule has 2 rings (SSSR count). The first-order valence-corrected chi connectivity index (χ1v) is 8.68. The van der Waals surface area contributed by atoms with Crippen LogP contribution in [0.4, 0.5) is 5.69 Å². The van der Waals surface area contributed by atoms with Crippen LogP contribution in [0.1, 0.15) is 19.8 Å². The molecule has 0 spiro atoms. The highest BCUT2D eigenvalue weighted by Gasteiger charge is 2.37. The van der Waals surface area contributed by atoms with Crippen molar-refractivity contribution in [2.24, 2.45) is 0 Å². The second-order valence-corrected chi connectivity index (χ2v) is 7.26. The van der Waals surface area contributed by atoms with Crippen LogP contribution in [-0.2, 0) is 9.84 Å². The van der Waals surface area contributed by atoms with Crippen molar-refractivity contribution < 1.29 is 8.42 Å². The molecule has 1 aliphatic heterocycles. The normalized spacial score (nSPS) is 25.3. The van der Waals surface area contributed by atoms with E-state index in [0.29, 0.717) is 0 Å². The molecule has 0 saturated carbocycles. The van der Waals surface area contributed by atoms with Crippen LogP contribution in [0.5, 0.6) is 0 Å². The summed E-state index contributed by atoms with van der Waals surface area (Å²) in [7, 11) is -2.93. The topological polar surface area (TPSA) is 58.2 Å². The van der Waals surface area contributed by atoms with Gasteiger partial charge in [0, 0.05) is 11.7 Å². The number of hydrogen-bond donors (Lipinski definition) is 2. The maximum absolute atomic E-state index is 11.8. The molecule has 1 aliphatic rings. The minimum Gasteiger partial charge on any atom is -0.380 e. The van der Waals surface area contributed by atoms with E-state index < -0.39 is 9.84 Å². The summed E-state index contributed by atoms with van der Waals surface area (Å²) in [6, 6.07) is 9.76. The van der Waals surface area contributed by atoms with Gasteiger partial charge in [0.25, 0.3) is 0 Å². The predicted molar refractivity (Wildman–Crippen MR) is 79.2 cm³/mol. The largest absolute Gasteiger partial charge is 0.380 e. The highest BCUT2D eigenvalue weighted by molar-refractivity contribution is 7.91. The summed E-state index contributed by atoms with van der Waals surface area (Å²) < 4.78 is 23.6. The molecular formula is C14H22N2O2S. The lowest BCUT2D eigenvalue weighted by molar-refractivity contribution is 0.511. The van der Waals surface area contributed by atoms with Crippen molar-refractivity contribution >= 4 is 15.5 Å². The van der Waals surface area contributed by atoms with Crippen molar-refractivity contribution in [3.05, 3.63) is 30.3 Å². The molecule has 19 heavy (non-hydrogen) atoms. The number of unbranched alkanes of at least 4 members (excludes halogenated alkanes) is 1. The van der Waals surface area contributed by atoms with Gasteiger partial charge in [0.15, 0.2) is 9.84 Å². The molecule has 2 atom stereocenters. The molecule has 0 aromatic heterocycles. The van der Waals surface area contributed by atoms with Crippen LogP contribution < -0.4 is 10.6 Å². The smallest absolute Gasteiger partial charge is 0.153 e. The summed E-state index contributed by atoms with van der Waals surface area (Å²) in [6.07, 6.45) is 2.19. The minimum absolute atomic E-state index is 0.0109. The molecule has 0 bridgehead atoms. The third kappa shape index (κ3) is 4.21. The molecule has 2 N–H and O–H groups in total. The average Bonchev–Trinajstić information content (AvgIpc) is 2.65. The van der Waals surface area contributed by atoms with Gasteiger partial charge in [-0.25, -0.2) is 8.42 Å². The zero-order chi connectivity index (χ0) is 13.7. The van der Waals surface area contributed by atoms with Crippen LogP contribution in [0.25, 0.3) is 0 Å². The van der Waals surface area contributed by atoms with Gasteiger partial charge >= 0.3 is 0 Å². The lowest BCUT2D eigenvalue weighted by Gasteiger charge is -2.21. The minimum atomic E-state index is -2.93. The Labute approximate surface area is 115 Å². The quantitative estimate of drug-likeness (QED) is 0.779. The van der Waals surface area contributed by atoms with Crippen LogP contribution in [0.15, 0.2) is 30.3 Å².